The van der Waals surface area contributed by atoms with E-state index in [0.29, 0.717) is 17.2 Å². The van der Waals surface area contributed by atoms with Crippen LogP contribution in [0.15, 0.2) is 18.2 Å². The third-order valence-electron chi connectivity index (χ3n) is 2.58. The number of hydrogen-bond donors (Lipinski definition) is 1. The number of aryl methyl sites for hydroxylation is 1. The molecular formula is C13H20FNO. The van der Waals surface area contributed by atoms with Gasteiger partial charge in [0.05, 0.1) is 0 Å². The summed E-state index contributed by atoms with van der Waals surface area (Å²) in [7, 11) is 1.88. The third-order valence-corrected chi connectivity index (χ3v) is 2.58. The van der Waals surface area contributed by atoms with E-state index in [2.05, 4.69) is 19.2 Å². The van der Waals surface area contributed by atoms with E-state index in [1.165, 1.54) is 6.07 Å². The Morgan fingerprint density at radius 3 is 2.56 bits per heavy atom. The maximum Gasteiger partial charge on any atom is 0.129 e. The van der Waals surface area contributed by atoms with E-state index < -0.39 is 0 Å². The predicted octanol–water partition coefficient (Wildman–Crippen LogP) is 2.76. The first-order valence-electron chi connectivity index (χ1n) is 5.62. The summed E-state index contributed by atoms with van der Waals surface area (Å²) in [6.45, 7) is 6.68. The number of nitrogens with one attached hydrogen (secondary N) is 1. The summed E-state index contributed by atoms with van der Waals surface area (Å²) in [4.78, 5) is 0. The monoisotopic (exact) mass is 225 g/mol. The van der Waals surface area contributed by atoms with Crippen molar-refractivity contribution in [3.05, 3.63) is 29.6 Å². The molecule has 0 saturated heterocycles. The number of hydrogen-bond acceptors (Lipinski definition) is 2. The fourth-order valence-electron chi connectivity index (χ4n) is 1.44. The van der Waals surface area contributed by atoms with Gasteiger partial charge in [-0.15, -0.1) is 0 Å². The second kappa shape index (κ2) is 5.85. The molecule has 1 atom stereocenters. The second-order valence-corrected chi connectivity index (χ2v) is 4.37. The van der Waals surface area contributed by atoms with Gasteiger partial charge in [-0.1, -0.05) is 19.9 Å². The van der Waals surface area contributed by atoms with Gasteiger partial charge >= 0.3 is 0 Å². The molecule has 0 saturated carbocycles. The Morgan fingerprint density at radius 2 is 2.06 bits per heavy atom. The molecule has 1 N–H and O–H groups in total. The van der Waals surface area contributed by atoms with Crippen molar-refractivity contribution in [2.45, 2.75) is 26.9 Å². The Balaban J connectivity index is 2.73. The summed E-state index contributed by atoms with van der Waals surface area (Å²) < 4.78 is 19.1. The zero-order valence-corrected chi connectivity index (χ0v) is 10.4. The number of benzene rings is 1. The molecule has 0 aliphatic heterocycles. The molecule has 0 amide bonds. The minimum absolute atomic E-state index is 0.0621. The van der Waals surface area contributed by atoms with Crippen LogP contribution in [0.4, 0.5) is 4.39 Å². The van der Waals surface area contributed by atoms with Crippen LogP contribution >= 0.6 is 0 Å². The van der Waals surface area contributed by atoms with Crippen LogP contribution < -0.4 is 10.1 Å². The van der Waals surface area contributed by atoms with Gasteiger partial charge in [0, 0.05) is 12.6 Å². The van der Waals surface area contributed by atoms with Crippen LogP contribution in [-0.2, 0) is 0 Å². The molecule has 2 nitrogen and oxygen atoms in total. The zero-order valence-electron chi connectivity index (χ0n) is 10.4. The van der Waals surface area contributed by atoms with E-state index in [0.717, 1.165) is 6.54 Å². The van der Waals surface area contributed by atoms with E-state index in [1.54, 1.807) is 13.0 Å². The molecule has 0 aliphatic carbocycles. The summed E-state index contributed by atoms with van der Waals surface area (Å²) in [5, 5.41) is 3.08. The Bertz CT molecular complexity index is 339. The van der Waals surface area contributed by atoms with E-state index in [-0.39, 0.29) is 11.9 Å². The Labute approximate surface area is 96.8 Å². The van der Waals surface area contributed by atoms with Crippen LogP contribution in [0, 0.1) is 18.7 Å². The van der Waals surface area contributed by atoms with E-state index in [1.807, 2.05) is 13.1 Å². The zero-order chi connectivity index (χ0) is 12.1. The molecule has 0 radical (unpaired) electrons. The van der Waals surface area contributed by atoms with Crippen LogP contribution in [0.5, 0.6) is 5.75 Å². The normalized spacial score (nSPS) is 12.9. The SMILES string of the molecule is CNCC(Oc1ccc(C)c(F)c1)C(C)C. The smallest absolute Gasteiger partial charge is 0.129 e. The van der Waals surface area contributed by atoms with Gasteiger partial charge in [-0.3, -0.25) is 0 Å². The maximum atomic E-state index is 13.3. The van der Waals surface area contributed by atoms with Gasteiger partial charge in [0.1, 0.15) is 17.7 Å². The largest absolute Gasteiger partial charge is 0.489 e. The summed E-state index contributed by atoms with van der Waals surface area (Å²) in [5.74, 6) is 0.762. The highest BCUT2D eigenvalue weighted by Crippen LogP contribution is 2.19. The summed E-state index contributed by atoms with van der Waals surface area (Å²) >= 11 is 0. The van der Waals surface area contributed by atoms with Gasteiger partial charge in [-0.05, 0) is 31.5 Å². The maximum absolute atomic E-state index is 13.3. The highest BCUT2D eigenvalue weighted by Gasteiger charge is 2.14. The van der Waals surface area contributed by atoms with Crippen molar-refractivity contribution < 1.29 is 9.13 Å². The first kappa shape index (κ1) is 13.0. The predicted molar refractivity (Wildman–Crippen MR) is 64.3 cm³/mol. The minimum atomic E-state index is -0.218. The van der Waals surface area contributed by atoms with Crippen molar-refractivity contribution in [1.29, 1.82) is 0 Å². The average Bonchev–Trinajstić information content (AvgIpc) is 2.22. The molecule has 0 aromatic heterocycles. The molecule has 1 aromatic rings. The van der Waals surface area contributed by atoms with Crippen LogP contribution in [0.3, 0.4) is 0 Å². The van der Waals surface area contributed by atoms with Crippen LogP contribution in [0.25, 0.3) is 0 Å². The third kappa shape index (κ3) is 3.49. The summed E-state index contributed by atoms with van der Waals surface area (Å²) in [6, 6.07) is 4.99. The molecule has 1 rings (SSSR count). The van der Waals surface area contributed by atoms with Crippen molar-refractivity contribution in [3.8, 4) is 5.75 Å². The first-order valence-corrected chi connectivity index (χ1v) is 5.62. The molecule has 0 spiro atoms. The van der Waals surface area contributed by atoms with Crippen molar-refractivity contribution in [2.24, 2.45) is 5.92 Å². The molecule has 1 aromatic carbocycles. The molecule has 1 unspecified atom stereocenters. The van der Waals surface area contributed by atoms with Crippen molar-refractivity contribution >= 4 is 0 Å². The van der Waals surface area contributed by atoms with E-state index >= 15 is 0 Å². The number of ether oxygens (including phenoxy) is 1. The quantitative estimate of drug-likeness (QED) is 0.832. The van der Waals surface area contributed by atoms with Gasteiger partial charge in [-0.2, -0.15) is 0 Å². The van der Waals surface area contributed by atoms with Gasteiger partial charge in [0.2, 0.25) is 0 Å². The second-order valence-electron chi connectivity index (χ2n) is 4.37. The lowest BCUT2D eigenvalue weighted by atomic mass is 10.1. The molecular weight excluding hydrogens is 205 g/mol. The lowest BCUT2D eigenvalue weighted by Gasteiger charge is -2.22. The summed E-state index contributed by atoms with van der Waals surface area (Å²) in [5.41, 5.74) is 0.641. The minimum Gasteiger partial charge on any atom is -0.489 e. The Hall–Kier alpha value is -1.09. The number of rotatable bonds is 5. The van der Waals surface area contributed by atoms with Crippen LogP contribution in [-0.4, -0.2) is 19.7 Å². The molecule has 90 valence electrons. The van der Waals surface area contributed by atoms with E-state index in [4.69, 9.17) is 4.74 Å². The van der Waals surface area contributed by atoms with Crippen molar-refractivity contribution in [2.75, 3.05) is 13.6 Å². The lowest BCUT2D eigenvalue weighted by molar-refractivity contribution is 0.151. The fourth-order valence-corrected chi connectivity index (χ4v) is 1.44. The molecule has 0 heterocycles. The first-order chi connectivity index (χ1) is 7.54. The lowest BCUT2D eigenvalue weighted by Crippen LogP contribution is -2.33. The standard InChI is InChI=1S/C13H20FNO/c1-9(2)13(8-15-4)16-11-6-5-10(3)12(14)7-11/h5-7,9,13,15H,8H2,1-4H3. The van der Waals surface area contributed by atoms with Gasteiger partial charge < -0.3 is 10.1 Å². The fraction of sp³-hybridized carbons (Fsp3) is 0.538. The van der Waals surface area contributed by atoms with Crippen LogP contribution in [0.1, 0.15) is 19.4 Å². The summed E-state index contributed by atoms with van der Waals surface area (Å²) in [6.07, 6.45) is 0.0621. The van der Waals surface area contributed by atoms with Gasteiger partial charge in [0.15, 0.2) is 0 Å². The highest BCUT2D eigenvalue weighted by atomic mass is 19.1. The molecule has 0 bridgehead atoms. The van der Waals surface area contributed by atoms with Gasteiger partial charge in [-0.25, -0.2) is 4.39 Å². The number of likely N-dealkylation sites (N-methyl/N-ethyl adjacent to an activating group) is 1. The molecule has 0 fully saturated rings. The van der Waals surface area contributed by atoms with Crippen molar-refractivity contribution in [3.63, 3.8) is 0 Å². The average molecular weight is 225 g/mol. The highest BCUT2D eigenvalue weighted by molar-refractivity contribution is 5.28. The van der Waals surface area contributed by atoms with E-state index in [9.17, 15) is 4.39 Å². The molecule has 3 heteroatoms. The Kier molecular flexibility index (Phi) is 4.74. The van der Waals surface area contributed by atoms with Crippen molar-refractivity contribution in [1.82, 2.24) is 5.32 Å². The Morgan fingerprint density at radius 1 is 1.38 bits per heavy atom. The number of halogens is 1. The van der Waals surface area contributed by atoms with Crippen LogP contribution in [0.2, 0.25) is 0 Å². The molecule has 16 heavy (non-hydrogen) atoms. The molecule has 0 aliphatic rings. The topological polar surface area (TPSA) is 21.3 Å². The van der Waals surface area contributed by atoms with Gasteiger partial charge in [0.25, 0.3) is 0 Å².